The normalized spacial score (nSPS) is 26.4. The van der Waals surface area contributed by atoms with Crippen molar-refractivity contribution in [1.29, 1.82) is 0 Å². The standard InChI is InChI=1S/C13H26N2O/c1-15(12-6-8-16-9-7-12)13(10-14)11-4-2-3-5-11/h11-13H,2-10,14H2,1H3. The van der Waals surface area contributed by atoms with Crippen molar-refractivity contribution in [2.75, 3.05) is 26.8 Å². The van der Waals surface area contributed by atoms with Crippen LogP contribution in [0.3, 0.4) is 0 Å². The van der Waals surface area contributed by atoms with E-state index in [0.717, 1.165) is 25.7 Å². The Morgan fingerprint density at radius 1 is 1.19 bits per heavy atom. The van der Waals surface area contributed by atoms with Gasteiger partial charge in [0.05, 0.1) is 0 Å². The minimum atomic E-state index is 0.602. The van der Waals surface area contributed by atoms with Crippen molar-refractivity contribution in [1.82, 2.24) is 4.90 Å². The largest absolute Gasteiger partial charge is 0.381 e. The Kier molecular flexibility index (Phi) is 4.62. The lowest BCUT2D eigenvalue weighted by molar-refractivity contribution is 0.0195. The van der Waals surface area contributed by atoms with Gasteiger partial charge in [-0.25, -0.2) is 0 Å². The summed E-state index contributed by atoms with van der Waals surface area (Å²) in [4.78, 5) is 2.55. The summed E-state index contributed by atoms with van der Waals surface area (Å²) < 4.78 is 5.43. The molecule has 0 amide bonds. The highest BCUT2D eigenvalue weighted by Gasteiger charge is 2.31. The van der Waals surface area contributed by atoms with Crippen LogP contribution in [-0.4, -0.2) is 43.8 Å². The van der Waals surface area contributed by atoms with Crippen molar-refractivity contribution in [3.05, 3.63) is 0 Å². The van der Waals surface area contributed by atoms with E-state index < -0.39 is 0 Å². The van der Waals surface area contributed by atoms with E-state index >= 15 is 0 Å². The zero-order valence-electron chi connectivity index (χ0n) is 10.5. The van der Waals surface area contributed by atoms with E-state index in [1.807, 2.05) is 0 Å². The van der Waals surface area contributed by atoms with Crippen LogP contribution in [0.5, 0.6) is 0 Å². The van der Waals surface area contributed by atoms with Gasteiger partial charge in [-0.1, -0.05) is 12.8 Å². The van der Waals surface area contributed by atoms with Crippen molar-refractivity contribution in [2.45, 2.75) is 50.6 Å². The first-order chi connectivity index (χ1) is 7.83. The third kappa shape index (κ3) is 2.76. The summed E-state index contributed by atoms with van der Waals surface area (Å²) in [6.45, 7) is 2.67. The molecule has 0 aromatic carbocycles. The van der Waals surface area contributed by atoms with Crippen molar-refractivity contribution >= 4 is 0 Å². The first-order valence-electron chi connectivity index (χ1n) is 6.82. The summed E-state index contributed by atoms with van der Waals surface area (Å²) in [7, 11) is 2.27. The molecule has 1 unspecified atom stereocenters. The van der Waals surface area contributed by atoms with E-state index in [1.54, 1.807) is 0 Å². The minimum absolute atomic E-state index is 0.602. The number of hydrogen-bond donors (Lipinski definition) is 1. The highest BCUT2D eigenvalue weighted by molar-refractivity contribution is 4.86. The lowest BCUT2D eigenvalue weighted by atomic mass is 9.94. The summed E-state index contributed by atoms with van der Waals surface area (Å²) in [5.74, 6) is 0.845. The number of nitrogens with zero attached hydrogens (tertiary/aromatic N) is 1. The molecular weight excluding hydrogens is 200 g/mol. The van der Waals surface area contributed by atoms with Gasteiger partial charge in [-0.15, -0.1) is 0 Å². The molecule has 1 atom stereocenters. The van der Waals surface area contributed by atoms with Gasteiger partial charge in [0.2, 0.25) is 0 Å². The third-order valence-electron chi connectivity index (χ3n) is 4.48. The van der Waals surface area contributed by atoms with Crippen LogP contribution in [0.2, 0.25) is 0 Å². The average Bonchev–Trinajstić information content (AvgIpc) is 2.85. The predicted molar refractivity (Wildman–Crippen MR) is 66.4 cm³/mol. The second kappa shape index (κ2) is 5.99. The smallest absolute Gasteiger partial charge is 0.0480 e. The van der Waals surface area contributed by atoms with Gasteiger partial charge in [-0.05, 0) is 38.6 Å². The Morgan fingerprint density at radius 3 is 2.38 bits per heavy atom. The van der Waals surface area contributed by atoms with Gasteiger partial charge in [0.1, 0.15) is 0 Å². The first-order valence-corrected chi connectivity index (χ1v) is 6.82. The van der Waals surface area contributed by atoms with Gasteiger partial charge < -0.3 is 10.5 Å². The molecule has 1 heterocycles. The monoisotopic (exact) mass is 226 g/mol. The second-order valence-corrected chi connectivity index (χ2v) is 5.36. The fraction of sp³-hybridized carbons (Fsp3) is 1.00. The highest BCUT2D eigenvalue weighted by atomic mass is 16.5. The van der Waals surface area contributed by atoms with Crippen molar-refractivity contribution in [2.24, 2.45) is 11.7 Å². The van der Waals surface area contributed by atoms with Crippen LogP contribution in [0.1, 0.15) is 38.5 Å². The van der Waals surface area contributed by atoms with Gasteiger partial charge in [0, 0.05) is 31.8 Å². The van der Waals surface area contributed by atoms with Gasteiger partial charge >= 0.3 is 0 Å². The van der Waals surface area contributed by atoms with Crippen molar-refractivity contribution in [3.63, 3.8) is 0 Å². The van der Waals surface area contributed by atoms with Crippen LogP contribution in [0.4, 0.5) is 0 Å². The molecule has 0 bridgehead atoms. The molecule has 16 heavy (non-hydrogen) atoms. The molecule has 2 fully saturated rings. The van der Waals surface area contributed by atoms with E-state index in [1.165, 1.54) is 38.5 Å². The van der Waals surface area contributed by atoms with E-state index in [4.69, 9.17) is 10.5 Å². The number of rotatable bonds is 4. The Hall–Kier alpha value is -0.120. The van der Waals surface area contributed by atoms with Crippen LogP contribution in [0.25, 0.3) is 0 Å². The molecular formula is C13H26N2O. The van der Waals surface area contributed by atoms with Gasteiger partial charge in [0.15, 0.2) is 0 Å². The van der Waals surface area contributed by atoms with E-state index in [2.05, 4.69) is 11.9 Å². The van der Waals surface area contributed by atoms with Crippen molar-refractivity contribution < 1.29 is 4.74 Å². The Labute approximate surface area is 99.3 Å². The molecule has 2 rings (SSSR count). The highest BCUT2D eigenvalue weighted by Crippen LogP contribution is 2.31. The number of ether oxygens (including phenoxy) is 1. The lowest BCUT2D eigenvalue weighted by Gasteiger charge is -2.39. The number of likely N-dealkylation sites (N-methyl/N-ethyl adjacent to an activating group) is 1. The molecule has 3 nitrogen and oxygen atoms in total. The maximum Gasteiger partial charge on any atom is 0.0480 e. The summed E-state index contributed by atoms with van der Waals surface area (Å²) in [5.41, 5.74) is 5.99. The van der Waals surface area contributed by atoms with Gasteiger partial charge in [-0.2, -0.15) is 0 Å². The SMILES string of the molecule is CN(C1CCOCC1)C(CN)C1CCCC1. The zero-order chi connectivity index (χ0) is 11.4. The average molecular weight is 226 g/mol. The predicted octanol–water partition coefficient (Wildman–Crippen LogP) is 1.61. The molecule has 1 saturated carbocycles. The molecule has 0 spiro atoms. The van der Waals surface area contributed by atoms with Crippen LogP contribution >= 0.6 is 0 Å². The molecule has 0 aromatic heterocycles. The Balaban J connectivity index is 1.90. The van der Waals surface area contributed by atoms with Gasteiger partial charge in [-0.3, -0.25) is 4.90 Å². The molecule has 1 aliphatic heterocycles. The minimum Gasteiger partial charge on any atom is -0.381 e. The summed E-state index contributed by atoms with van der Waals surface area (Å²) >= 11 is 0. The molecule has 1 saturated heterocycles. The van der Waals surface area contributed by atoms with E-state index in [-0.39, 0.29) is 0 Å². The molecule has 0 radical (unpaired) electrons. The Bertz CT molecular complexity index is 198. The molecule has 94 valence electrons. The van der Waals surface area contributed by atoms with Gasteiger partial charge in [0.25, 0.3) is 0 Å². The third-order valence-corrected chi connectivity index (χ3v) is 4.48. The van der Waals surface area contributed by atoms with Crippen LogP contribution in [0, 0.1) is 5.92 Å². The number of hydrogen-bond acceptors (Lipinski definition) is 3. The van der Waals surface area contributed by atoms with Crippen LogP contribution in [-0.2, 0) is 4.74 Å². The second-order valence-electron chi connectivity index (χ2n) is 5.36. The molecule has 2 aliphatic rings. The van der Waals surface area contributed by atoms with E-state index in [9.17, 15) is 0 Å². The molecule has 2 N–H and O–H groups in total. The molecule has 1 aliphatic carbocycles. The molecule has 0 aromatic rings. The summed E-state index contributed by atoms with van der Waals surface area (Å²) in [6, 6.07) is 1.30. The zero-order valence-corrected chi connectivity index (χ0v) is 10.5. The topological polar surface area (TPSA) is 38.5 Å². The maximum atomic E-state index is 5.99. The van der Waals surface area contributed by atoms with Crippen LogP contribution < -0.4 is 5.73 Å². The first kappa shape index (κ1) is 12.3. The fourth-order valence-corrected chi connectivity index (χ4v) is 3.40. The van der Waals surface area contributed by atoms with Crippen LogP contribution in [0.15, 0.2) is 0 Å². The Morgan fingerprint density at radius 2 is 1.81 bits per heavy atom. The molecule has 3 heteroatoms. The summed E-state index contributed by atoms with van der Waals surface area (Å²) in [5, 5.41) is 0. The maximum absolute atomic E-state index is 5.99. The van der Waals surface area contributed by atoms with Crippen molar-refractivity contribution in [3.8, 4) is 0 Å². The lowest BCUT2D eigenvalue weighted by Crippen LogP contribution is -2.49. The number of nitrogens with two attached hydrogens (primary N) is 1. The fourth-order valence-electron chi connectivity index (χ4n) is 3.40. The quantitative estimate of drug-likeness (QED) is 0.791. The van der Waals surface area contributed by atoms with E-state index in [0.29, 0.717) is 12.1 Å². The summed E-state index contributed by atoms with van der Waals surface area (Å²) in [6.07, 6.45) is 7.94.